The van der Waals surface area contributed by atoms with Gasteiger partial charge in [-0.15, -0.1) is 0 Å². The number of esters is 2. The molecule has 0 saturated carbocycles. The van der Waals surface area contributed by atoms with Gasteiger partial charge in [0.1, 0.15) is 6.61 Å². The summed E-state index contributed by atoms with van der Waals surface area (Å²) in [6, 6.07) is 0. The predicted octanol–water partition coefficient (Wildman–Crippen LogP) is 8.83. The van der Waals surface area contributed by atoms with Crippen LogP contribution in [-0.4, -0.2) is 53.3 Å². The molecule has 3 atom stereocenters. The second-order valence-electron chi connectivity index (χ2n) is 11.9. The minimum absolute atomic E-state index is 0.141. The molecule has 0 aromatic carbocycles. The first-order chi connectivity index (χ1) is 21.7. The molecule has 0 spiro atoms. The summed E-state index contributed by atoms with van der Waals surface area (Å²) in [5.41, 5.74) is 0. The predicted molar refractivity (Wildman–Crippen MR) is 179 cm³/mol. The highest BCUT2D eigenvalue weighted by Crippen LogP contribution is 2.36. The molecule has 1 aliphatic rings. The molecule has 0 aromatic rings. The molecule has 45 heavy (non-hydrogen) atoms. The van der Waals surface area contributed by atoms with Gasteiger partial charge in [0.05, 0.1) is 18.8 Å². The van der Waals surface area contributed by atoms with Crippen molar-refractivity contribution in [2.24, 2.45) is 0 Å². The molecule has 1 heterocycles. The van der Waals surface area contributed by atoms with Gasteiger partial charge in [0.15, 0.2) is 6.10 Å². The summed E-state index contributed by atoms with van der Waals surface area (Å²) in [5.74, 6) is -0.966. The number of carbonyl (C=O) groups excluding carboxylic acids is 2. The zero-order valence-corrected chi connectivity index (χ0v) is 28.8. The van der Waals surface area contributed by atoms with Crippen LogP contribution < -0.4 is 0 Å². The Morgan fingerprint density at radius 1 is 0.711 bits per heavy atom. The molecule has 0 radical (unpaired) electrons. The number of rotatable bonds is 30. The second-order valence-corrected chi connectivity index (χ2v) is 13.1. The number of phosphoric acid groups is 1. The van der Waals surface area contributed by atoms with E-state index in [-0.39, 0.29) is 31.7 Å². The summed E-state index contributed by atoms with van der Waals surface area (Å²) < 4.78 is 31.9. The summed E-state index contributed by atoms with van der Waals surface area (Å²) >= 11 is 0. The normalized spacial score (nSPS) is 17.4. The van der Waals surface area contributed by atoms with Crippen LogP contribution in [0.5, 0.6) is 0 Å². The van der Waals surface area contributed by atoms with Crippen molar-refractivity contribution in [3.63, 3.8) is 0 Å². The molecule has 2 unspecified atom stereocenters. The highest BCUT2D eigenvalue weighted by molar-refractivity contribution is 7.46. The van der Waals surface area contributed by atoms with Crippen molar-refractivity contribution >= 4 is 19.8 Å². The molecule has 0 aliphatic carbocycles. The van der Waals surface area contributed by atoms with Crippen molar-refractivity contribution in [1.82, 2.24) is 0 Å². The van der Waals surface area contributed by atoms with E-state index >= 15 is 0 Å². The summed E-state index contributed by atoms with van der Waals surface area (Å²) in [5, 5.41) is 0. The van der Waals surface area contributed by atoms with Gasteiger partial charge in [-0.05, 0) is 51.4 Å². The summed E-state index contributed by atoms with van der Waals surface area (Å²) in [6.45, 7) is 3.54. The monoisotopic (exact) mass is 656 g/mol. The van der Waals surface area contributed by atoms with E-state index in [4.69, 9.17) is 24.0 Å². The third-order valence-electron chi connectivity index (χ3n) is 7.59. The zero-order valence-electron chi connectivity index (χ0n) is 28.0. The van der Waals surface area contributed by atoms with E-state index in [0.717, 1.165) is 44.9 Å². The van der Waals surface area contributed by atoms with Crippen LogP contribution >= 0.6 is 7.82 Å². The molecule has 1 rings (SSSR count). The first-order valence-corrected chi connectivity index (χ1v) is 18.9. The van der Waals surface area contributed by atoms with E-state index in [0.29, 0.717) is 12.8 Å². The van der Waals surface area contributed by atoms with Gasteiger partial charge in [-0.2, -0.15) is 0 Å². The first kappa shape index (κ1) is 41.3. The van der Waals surface area contributed by atoms with E-state index in [1.165, 1.54) is 57.8 Å². The van der Waals surface area contributed by atoms with Crippen LogP contribution in [0.2, 0.25) is 0 Å². The number of allylic oxidation sites excluding steroid dienone is 5. The van der Waals surface area contributed by atoms with E-state index in [1.54, 1.807) is 0 Å². The topological polar surface area (TPSA) is 132 Å². The summed E-state index contributed by atoms with van der Waals surface area (Å²) in [4.78, 5) is 42.6. The maximum atomic E-state index is 12.3. The van der Waals surface area contributed by atoms with Gasteiger partial charge in [0, 0.05) is 12.8 Å². The number of carbonyl (C=O) groups is 2. The Morgan fingerprint density at radius 3 is 1.96 bits per heavy atom. The highest BCUT2D eigenvalue weighted by Gasteiger charge is 2.36. The highest BCUT2D eigenvalue weighted by atomic mass is 31.2. The largest absolute Gasteiger partial charge is 0.469 e. The molecule has 1 fully saturated rings. The smallest absolute Gasteiger partial charge is 0.462 e. The minimum atomic E-state index is -4.76. The number of unbranched alkanes of at least 4 members (excludes halogenated alkanes) is 11. The molecule has 0 aromatic heterocycles. The zero-order chi connectivity index (χ0) is 33.0. The van der Waals surface area contributed by atoms with E-state index < -0.39 is 32.5 Å². The van der Waals surface area contributed by atoms with Crippen molar-refractivity contribution in [1.29, 1.82) is 0 Å². The molecule has 0 bridgehead atoms. The van der Waals surface area contributed by atoms with Crippen LogP contribution in [0.1, 0.15) is 142 Å². The van der Waals surface area contributed by atoms with Crippen molar-refractivity contribution in [3.8, 4) is 0 Å². The lowest BCUT2D eigenvalue weighted by atomic mass is 10.1. The average Bonchev–Trinajstić information content (AvgIpc) is 3.75. The maximum Gasteiger partial charge on any atom is 0.469 e. The van der Waals surface area contributed by atoms with Gasteiger partial charge in [-0.25, -0.2) is 4.57 Å². The second kappa shape index (κ2) is 27.4. The van der Waals surface area contributed by atoms with Crippen LogP contribution in [0.4, 0.5) is 0 Å². The minimum Gasteiger partial charge on any atom is -0.462 e. The van der Waals surface area contributed by atoms with Gasteiger partial charge in [-0.3, -0.25) is 14.1 Å². The van der Waals surface area contributed by atoms with E-state index in [9.17, 15) is 14.2 Å². The Hall–Kier alpha value is -1.77. The SMILES string of the molecule is CCCCC/C=C\C/C=C\C/C=C\CC1OC1CCCC(=O)OC[C@H](COP(=O)(O)O)OC(=O)CCCCCCCCCCC. The molecular formula is C35H61O9P. The fourth-order valence-corrected chi connectivity index (χ4v) is 5.23. The lowest BCUT2D eigenvalue weighted by Crippen LogP contribution is -2.29. The standard InChI is InChI=1S/C35H61O9P/c1-3-5-7-9-11-13-14-15-17-18-20-22-25-32-33(44-32)26-24-28-34(36)41-29-31(30-42-45(38,39)40)43-35(37)27-23-21-19-16-12-10-8-6-4-2/h11,13,15,17,20,22,31-33H,3-10,12,14,16,18-19,21,23-30H2,1-2H3,(H2,38,39,40)/b13-11-,17-15-,22-20-/t31-,32?,33?/m1/s1. The Bertz CT molecular complexity index is 896. The number of hydrogen-bond acceptors (Lipinski definition) is 7. The fraction of sp³-hybridized carbons (Fsp3) is 0.771. The molecule has 1 saturated heterocycles. The number of phosphoric ester groups is 1. The van der Waals surface area contributed by atoms with Crippen molar-refractivity contribution in [3.05, 3.63) is 36.5 Å². The van der Waals surface area contributed by atoms with Crippen LogP contribution in [0.3, 0.4) is 0 Å². The van der Waals surface area contributed by atoms with Crippen molar-refractivity contribution < 1.29 is 42.7 Å². The number of epoxide rings is 1. The Kier molecular flexibility index (Phi) is 25.1. The van der Waals surface area contributed by atoms with Crippen molar-refractivity contribution in [2.75, 3.05) is 13.2 Å². The van der Waals surface area contributed by atoms with E-state index in [1.807, 2.05) is 0 Å². The average molecular weight is 657 g/mol. The fourth-order valence-electron chi connectivity index (χ4n) is 4.87. The molecule has 1 aliphatic heterocycles. The number of ether oxygens (including phenoxy) is 3. The van der Waals surface area contributed by atoms with Crippen LogP contribution in [0, 0.1) is 0 Å². The molecule has 260 valence electrons. The maximum absolute atomic E-state index is 12.3. The first-order valence-electron chi connectivity index (χ1n) is 17.4. The van der Waals surface area contributed by atoms with Gasteiger partial charge >= 0.3 is 19.8 Å². The van der Waals surface area contributed by atoms with Gasteiger partial charge in [0.25, 0.3) is 0 Å². The van der Waals surface area contributed by atoms with E-state index in [2.05, 4.69) is 54.8 Å². The Balaban J connectivity index is 2.18. The Morgan fingerprint density at radius 2 is 1.29 bits per heavy atom. The lowest BCUT2D eigenvalue weighted by molar-refractivity contribution is -0.161. The molecule has 2 N–H and O–H groups in total. The van der Waals surface area contributed by atoms with Crippen LogP contribution in [-0.2, 0) is 32.9 Å². The van der Waals surface area contributed by atoms with Crippen molar-refractivity contribution in [2.45, 2.75) is 161 Å². The van der Waals surface area contributed by atoms with Gasteiger partial charge < -0.3 is 24.0 Å². The van der Waals surface area contributed by atoms with Crippen LogP contribution in [0.25, 0.3) is 0 Å². The third kappa shape index (κ3) is 27.1. The molecular weight excluding hydrogens is 595 g/mol. The molecule has 0 amide bonds. The van der Waals surface area contributed by atoms with Gasteiger partial charge in [-0.1, -0.05) is 115 Å². The molecule has 10 heteroatoms. The number of hydrogen-bond donors (Lipinski definition) is 2. The summed E-state index contributed by atoms with van der Waals surface area (Å²) in [7, 11) is -4.76. The quantitative estimate of drug-likeness (QED) is 0.0256. The third-order valence-corrected chi connectivity index (χ3v) is 8.07. The van der Waals surface area contributed by atoms with Crippen LogP contribution in [0.15, 0.2) is 36.5 Å². The summed E-state index contributed by atoms with van der Waals surface area (Å²) in [6.07, 6.45) is 31.8. The Labute approximate surface area is 272 Å². The molecule has 9 nitrogen and oxygen atoms in total. The lowest BCUT2D eigenvalue weighted by Gasteiger charge is -2.18. The van der Waals surface area contributed by atoms with Gasteiger partial charge in [0.2, 0.25) is 0 Å².